The van der Waals surface area contributed by atoms with Crippen LogP contribution < -0.4 is 0 Å². The second kappa shape index (κ2) is 2.49. The highest BCUT2D eigenvalue weighted by atomic mass is 16.1. The molecule has 0 amide bonds. The molecule has 0 spiro atoms. The SMILES string of the molecule is Cn1nccc1C(C)(C)C=O. The first-order chi connectivity index (χ1) is 5.08. The van der Waals surface area contributed by atoms with Crippen LogP contribution in [0, 0.1) is 0 Å². The summed E-state index contributed by atoms with van der Waals surface area (Å²) >= 11 is 0. The summed E-state index contributed by atoms with van der Waals surface area (Å²) in [4.78, 5) is 10.6. The highest BCUT2D eigenvalue weighted by Gasteiger charge is 2.22. The van der Waals surface area contributed by atoms with Gasteiger partial charge in [-0.2, -0.15) is 5.10 Å². The molecule has 0 unspecified atom stereocenters. The van der Waals surface area contributed by atoms with Crippen LogP contribution in [0.25, 0.3) is 0 Å². The van der Waals surface area contributed by atoms with Gasteiger partial charge in [-0.25, -0.2) is 0 Å². The Hall–Kier alpha value is -1.12. The van der Waals surface area contributed by atoms with Gasteiger partial charge in [0.1, 0.15) is 6.29 Å². The Labute approximate surface area is 66.0 Å². The van der Waals surface area contributed by atoms with Gasteiger partial charge in [-0.15, -0.1) is 0 Å². The van der Waals surface area contributed by atoms with Gasteiger partial charge in [-0.3, -0.25) is 4.68 Å². The maximum Gasteiger partial charge on any atom is 0.131 e. The molecular weight excluding hydrogens is 140 g/mol. The zero-order valence-corrected chi connectivity index (χ0v) is 7.03. The summed E-state index contributed by atoms with van der Waals surface area (Å²) in [5, 5.41) is 3.99. The van der Waals surface area contributed by atoms with E-state index in [0.717, 1.165) is 12.0 Å². The van der Waals surface area contributed by atoms with Crippen LogP contribution in [-0.4, -0.2) is 16.1 Å². The third-order valence-corrected chi connectivity index (χ3v) is 1.78. The first-order valence-corrected chi connectivity index (χ1v) is 3.53. The van der Waals surface area contributed by atoms with E-state index in [4.69, 9.17) is 0 Å². The number of rotatable bonds is 2. The number of aldehydes is 1. The molecule has 0 aromatic carbocycles. The average molecular weight is 152 g/mol. The van der Waals surface area contributed by atoms with Gasteiger partial charge in [-0.1, -0.05) is 0 Å². The van der Waals surface area contributed by atoms with Gasteiger partial charge >= 0.3 is 0 Å². The van der Waals surface area contributed by atoms with E-state index in [0.29, 0.717) is 0 Å². The lowest BCUT2D eigenvalue weighted by Crippen LogP contribution is -2.22. The second-order valence-corrected chi connectivity index (χ2v) is 3.18. The van der Waals surface area contributed by atoms with Crippen molar-refractivity contribution in [2.45, 2.75) is 19.3 Å². The Morgan fingerprint density at radius 3 is 2.64 bits per heavy atom. The summed E-state index contributed by atoms with van der Waals surface area (Å²) < 4.78 is 1.72. The Morgan fingerprint density at radius 1 is 1.64 bits per heavy atom. The van der Waals surface area contributed by atoms with E-state index in [1.54, 1.807) is 10.9 Å². The van der Waals surface area contributed by atoms with Gasteiger partial charge in [-0.05, 0) is 19.9 Å². The maximum absolute atomic E-state index is 10.6. The van der Waals surface area contributed by atoms with E-state index < -0.39 is 5.41 Å². The standard InChI is InChI=1S/C8H12N2O/c1-8(2,6-11)7-4-5-9-10(7)3/h4-6H,1-3H3. The van der Waals surface area contributed by atoms with Crippen molar-refractivity contribution in [1.82, 2.24) is 9.78 Å². The smallest absolute Gasteiger partial charge is 0.131 e. The lowest BCUT2D eigenvalue weighted by Gasteiger charge is -2.16. The van der Waals surface area contributed by atoms with Gasteiger partial charge in [0.05, 0.1) is 11.1 Å². The van der Waals surface area contributed by atoms with Crippen molar-refractivity contribution < 1.29 is 4.79 Å². The summed E-state index contributed by atoms with van der Waals surface area (Å²) in [5.74, 6) is 0. The number of aryl methyl sites for hydroxylation is 1. The molecule has 3 heteroatoms. The van der Waals surface area contributed by atoms with Gasteiger partial charge in [0.15, 0.2) is 0 Å². The van der Waals surface area contributed by atoms with Crippen LogP contribution in [0.2, 0.25) is 0 Å². The minimum absolute atomic E-state index is 0.425. The van der Waals surface area contributed by atoms with Crippen molar-refractivity contribution in [1.29, 1.82) is 0 Å². The molecule has 0 atom stereocenters. The number of nitrogens with zero attached hydrogens (tertiary/aromatic N) is 2. The molecule has 0 saturated carbocycles. The Balaban J connectivity index is 3.10. The van der Waals surface area contributed by atoms with Crippen molar-refractivity contribution in [3.8, 4) is 0 Å². The molecule has 0 fully saturated rings. The summed E-state index contributed by atoms with van der Waals surface area (Å²) in [7, 11) is 1.83. The quantitative estimate of drug-likeness (QED) is 0.590. The van der Waals surface area contributed by atoms with Crippen LogP contribution in [0.5, 0.6) is 0 Å². The molecule has 60 valence electrons. The monoisotopic (exact) mass is 152 g/mol. The van der Waals surface area contributed by atoms with E-state index in [2.05, 4.69) is 5.10 Å². The topological polar surface area (TPSA) is 34.9 Å². The van der Waals surface area contributed by atoms with E-state index >= 15 is 0 Å². The van der Waals surface area contributed by atoms with Crippen LogP contribution in [-0.2, 0) is 17.3 Å². The maximum atomic E-state index is 10.6. The summed E-state index contributed by atoms with van der Waals surface area (Å²) in [6.07, 6.45) is 2.63. The number of hydrogen-bond acceptors (Lipinski definition) is 2. The molecule has 3 nitrogen and oxygen atoms in total. The Morgan fingerprint density at radius 2 is 2.27 bits per heavy atom. The zero-order chi connectivity index (χ0) is 8.48. The highest BCUT2D eigenvalue weighted by molar-refractivity contribution is 5.65. The number of carbonyl (C=O) groups is 1. The van der Waals surface area contributed by atoms with Crippen molar-refractivity contribution in [2.75, 3.05) is 0 Å². The van der Waals surface area contributed by atoms with Gasteiger partial charge < -0.3 is 4.79 Å². The van der Waals surface area contributed by atoms with Crippen molar-refractivity contribution >= 4 is 6.29 Å². The molecule has 0 N–H and O–H groups in total. The van der Waals surface area contributed by atoms with E-state index in [-0.39, 0.29) is 0 Å². The third-order valence-electron chi connectivity index (χ3n) is 1.78. The van der Waals surface area contributed by atoms with Gasteiger partial charge in [0.25, 0.3) is 0 Å². The fraction of sp³-hybridized carbons (Fsp3) is 0.500. The summed E-state index contributed by atoms with van der Waals surface area (Å²) in [6.45, 7) is 3.74. The molecule has 0 saturated heterocycles. The minimum Gasteiger partial charge on any atom is -0.302 e. The third kappa shape index (κ3) is 1.31. The van der Waals surface area contributed by atoms with E-state index in [1.807, 2.05) is 27.0 Å². The van der Waals surface area contributed by atoms with Gasteiger partial charge in [0, 0.05) is 13.2 Å². The van der Waals surface area contributed by atoms with Crippen LogP contribution in [0.15, 0.2) is 12.3 Å². The molecule has 1 rings (SSSR count). The molecule has 11 heavy (non-hydrogen) atoms. The fourth-order valence-corrected chi connectivity index (χ4v) is 1.07. The number of aromatic nitrogens is 2. The van der Waals surface area contributed by atoms with Crippen LogP contribution in [0.4, 0.5) is 0 Å². The molecule has 0 aliphatic rings. The minimum atomic E-state index is -0.425. The molecule has 1 aromatic heterocycles. The lowest BCUT2D eigenvalue weighted by atomic mass is 9.91. The number of carbonyl (C=O) groups excluding carboxylic acids is 1. The lowest BCUT2D eigenvalue weighted by molar-refractivity contribution is -0.111. The van der Waals surface area contributed by atoms with Crippen LogP contribution >= 0.6 is 0 Å². The first kappa shape index (κ1) is 7.98. The fourth-order valence-electron chi connectivity index (χ4n) is 1.07. The molecule has 0 aliphatic carbocycles. The van der Waals surface area contributed by atoms with E-state index in [1.165, 1.54) is 0 Å². The van der Waals surface area contributed by atoms with E-state index in [9.17, 15) is 4.79 Å². The first-order valence-electron chi connectivity index (χ1n) is 3.53. The Bertz CT molecular complexity index is 263. The van der Waals surface area contributed by atoms with Crippen molar-refractivity contribution in [2.24, 2.45) is 7.05 Å². The molecule has 0 radical (unpaired) electrons. The number of hydrogen-bond donors (Lipinski definition) is 0. The summed E-state index contributed by atoms with van der Waals surface area (Å²) in [5.41, 5.74) is 0.512. The molecule has 1 heterocycles. The van der Waals surface area contributed by atoms with Gasteiger partial charge in [0.2, 0.25) is 0 Å². The predicted molar refractivity (Wildman–Crippen MR) is 42.3 cm³/mol. The van der Waals surface area contributed by atoms with Crippen LogP contribution in [0.3, 0.4) is 0 Å². The van der Waals surface area contributed by atoms with Crippen molar-refractivity contribution in [3.63, 3.8) is 0 Å². The molecule has 0 aliphatic heterocycles. The predicted octanol–water partition coefficient (Wildman–Crippen LogP) is 0.897. The molecular formula is C8H12N2O. The normalized spacial score (nSPS) is 11.5. The second-order valence-electron chi connectivity index (χ2n) is 3.18. The Kier molecular flexibility index (Phi) is 1.81. The molecule has 1 aromatic rings. The van der Waals surface area contributed by atoms with Crippen LogP contribution in [0.1, 0.15) is 19.5 Å². The average Bonchev–Trinajstić information content (AvgIpc) is 2.36. The molecule has 0 bridgehead atoms. The zero-order valence-electron chi connectivity index (χ0n) is 7.03. The summed E-state index contributed by atoms with van der Waals surface area (Å²) in [6, 6.07) is 1.86. The largest absolute Gasteiger partial charge is 0.302 e. The van der Waals surface area contributed by atoms with Crippen molar-refractivity contribution in [3.05, 3.63) is 18.0 Å². The highest BCUT2D eigenvalue weighted by Crippen LogP contribution is 2.18.